The molecule has 8 nitrogen and oxygen atoms in total. The minimum Gasteiger partial charge on any atom is -0.406 e. The maximum absolute atomic E-state index is 13.1. The molecule has 1 aromatic heterocycles. The summed E-state index contributed by atoms with van der Waals surface area (Å²) in [6.07, 6.45) is -0.585. The first-order valence-electron chi connectivity index (χ1n) is 14.4. The first-order valence-corrected chi connectivity index (χ1v) is 15.4. The van der Waals surface area contributed by atoms with Gasteiger partial charge in [-0.25, -0.2) is 14.5 Å². The first kappa shape index (κ1) is 31.1. The third-order valence-electron chi connectivity index (χ3n) is 7.13. The highest BCUT2D eigenvalue weighted by molar-refractivity contribution is 8.14. The lowest BCUT2D eigenvalue weighted by molar-refractivity contribution is -0.274. The van der Waals surface area contributed by atoms with E-state index in [1.165, 1.54) is 46.4 Å². The largest absolute Gasteiger partial charge is 0.573 e. The van der Waals surface area contributed by atoms with E-state index in [0.29, 0.717) is 23.1 Å². The minimum absolute atomic E-state index is 0.238. The number of hydrogen-bond acceptors (Lipinski definition) is 5. The van der Waals surface area contributed by atoms with Crippen molar-refractivity contribution in [2.24, 2.45) is 4.99 Å². The molecule has 12 heteroatoms. The Bertz CT molecular complexity index is 1620. The summed E-state index contributed by atoms with van der Waals surface area (Å²) >= 11 is 1.59. The van der Waals surface area contributed by atoms with Gasteiger partial charge in [0.1, 0.15) is 12.1 Å². The number of urea groups is 1. The number of carbonyl (C=O) groups is 1. The number of rotatable bonds is 9. The van der Waals surface area contributed by atoms with Crippen LogP contribution in [0.4, 0.5) is 23.7 Å². The molecule has 1 N–H and O–H groups in total. The summed E-state index contributed by atoms with van der Waals surface area (Å²) in [5.74, 6) is 1.01. The van der Waals surface area contributed by atoms with Crippen molar-refractivity contribution in [3.8, 4) is 22.8 Å². The number of aliphatic imine (C=N–C) groups is 1. The molecule has 1 aliphatic heterocycles. The summed E-state index contributed by atoms with van der Waals surface area (Å²) in [6.45, 7) is 7.04. The van der Waals surface area contributed by atoms with Gasteiger partial charge in [-0.2, -0.15) is 4.99 Å². The SMILES string of the molecule is CCCc1ccc(C)cc1N1CCSC1=NC(=O)NC(CC)c1ccc(-c2ncn(-c3ccc(OC(F)(F)F)cc3)n2)cc1. The highest BCUT2D eigenvalue weighted by Gasteiger charge is 2.31. The molecule has 0 radical (unpaired) electrons. The lowest BCUT2D eigenvalue weighted by Gasteiger charge is -2.22. The fraction of sp³-hybridized carbons (Fsp3) is 0.312. The van der Waals surface area contributed by atoms with Gasteiger partial charge in [-0.05, 0) is 66.8 Å². The van der Waals surface area contributed by atoms with Gasteiger partial charge < -0.3 is 15.0 Å². The zero-order chi connectivity index (χ0) is 31.3. The van der Waals surface area contributed by atoms with E-state index in [2.05, 4.69) is 62.1 Å². The van der Waals surface area contributed by atoms with E-state index in [4.69, 9.17) is 0 Å². The molecular formula is C32H33F3N6O2S. The quantitative estimate of drug-likeness (QED) is 0.205. The van der Waals surface area contributed by atoms with E-state index in [1.807, 2.05) is 31.2 Å². The summed E-state index contributed by atoms with van der Waals surface area (Å²) in [7, 11) is 0. The Balaban J connectivity index is 1.25. The van der Waals surface area contributed by atoms with Crippen LogP contribution >= 0.6 is 11.8 Å². The van der Waals surface area contributed by atoms with Crippen LogP contribution in [-0.4, -0.2) is 44.6 Å². The summed E-state index contributed by atoms with van der Waals surface area (Å²) in [5.41, 5.74) is 5.76. The smallest absolute Gasteiger partial charge is 0.406 e. The number of carbonyl (C=O) groups excluding carboxylic acids is 1. The topological polar surface area (TPSA) is 84.6 Å². The molecule has 4 aromatic rings. The average molecular weight is 623 g/mol. The second-order valence-electron chi connectivity index (χ2n) is 10.4. The van der Waals surface area contributed by atoms with Crippen LogP contribution in [0.2, 0.25) is 0 Å². The number of aromatic nitrogens is 3. The van der Waals surface area contributed by atoms with E-state index in [1.54, 1.807) is 11.8 Å². The Kier molecular flexibility index (Phi) is 9.58. The van der Waals surface area contributed by atoms with Crippen LogP contribution in [0.3, 0.4) is 0 Å². The van der Waals surface area contributed by atoms with Gasteiger partial charge in [-0.3, -0.25) is 0 Å². The molecule has 1 unspecified atom stereocenters. The van der Waals surface area contributed by atoms with Crippen LogP contribution in [0.25, 0.3) is 17.1 Å². The summed E-state index contributed by atoms with van der Waals surface area (Å²) in [5, 5.41) is 8.22. The number of halogens is 3. The van der Waals surface area contributed by atoms with Gasteiger partial charge in [0.2, 0.25) is 0 Å². The summed E-state index contributed by atoms with van der Waals surface area (Å²) in [4.78, 5) is 24.0. The Morgan fingerprint density at radius 3 is 2.52 bits per heavy atom. The molecule has 2 amide bonds. The lowest BCUT2D eigenvalue weighted by Crippen LogP contribution is -2.30. The molecule has 2 heterocycles. The van der Waals surface area contributed by atoms with Gasteiger partial charge in [0.25, 0.3) is 0 Å². The average Bonchev–Trinajstić information content (AvgIpc) is 3.67. The Morgan fingerprint density at radius 2 is 1.84 bits per heavy atom. The molecule has 44 heavy (non-hydrogen) atoms. The number of anilines is 1. The number of nitrogens with zero attached hydrogens (tertiary/aromatic N) is 5. The van der Waals surface area contributed by atoms with Crippen molar-refractivity contribution < 1.29 is 22.7 Å². The molecule has 5 rings (SSSR count). The number of hydrogen-bond donors (Lipinski definition) is 1. The molecule has 1 atom stereocenters. The molecular weight excluding hydrogens is 589 g/mol. The summed E-state index contributed by atoms with van der Waals surface area (Å²) in [6, 6.07) is 18.8. The third kappa shape index (κ3) is 7.60. The molecule has 1 fully saturated rings. The van der Waals surface area contributed by atoms with Crippen molar-refractivity contribution in [3.63, 3.8) is 0 Å². The summed E-state index contributed by atoms with van der Waals surface area (Å²) < 4.78 is 42.7. The highest BCUT2D eigenvalue weighted by atomic mass is 32.2. The van der Waals surface area contributed by atoms with E-state index in [0.717, 1.165) is 42.0 Å². The van der Waals surface area contributed by atoms with Gasteiger partial charge in [0, 0.05) is 23.5 Å². The van der Waals surface area contributed by atoms with Crippen LogP contribution in [-0.2, 0) is 6.42 Å². The van der Waals surface area contributed by atoms with Crippen LogP contribution < -0.4 is 15.0 Å². The zero-order valence-electron chi connectivity index (χ0n) is 24.6. The standard InChI is InChI=1S/C32H33F3N6O2S/c1-4-6-23-8-7-21(3)19-28(23)40-17-18-44-31(40)38-30(42)37-27(5-2)22-9-11-24(12-10-22)29-36-20-41(39-29)25-13-15-26(16-14-25)43-32(33,34)35/h7-16,19-20,27H,4-6,17-18H2,1-3H3,(H,37,42). The maximum atomic E-state index is 13.1. The van der Waals surface area contributed by atoms with Gasteiger partial charge in [0.15, 0.2) is 11.0 Å². The molecule has 1 aliphatic rings. The van der Waals surface area contributed by atoms with Crippen molar-refractivity contribution in [1.29, 1.82) is 0 Å². The van der Waals surface area contributed by atoms with Crippen molar-refractivity contribution in [2.75, 3.05) is 17.2 Å². The van der Waals surface area contributed by atoms with Crippen LogP contribution in [0.5, 0.6) is 5.75 Å². The monoisotopic (exact) mass is 622 g/mol. The van der Waals surface area contributed by atoms with E-state index in [-0.39, 0.29) is 17.8 Å². The van der Waals surface area contributed by atoms with Crippen molar-refractivity contribution in [1.82, 2.24) is 20.1 Å². The number of amidine groups is 1. The van der Waals surface area contributed by atoms with Gasteiger partial charge in [-0.1, -0.05) is 68.4 Å². The second-order valence-corrected chi connectivity index (χ2v) is 11.4. The van der Waals surface area contributed by atoms with Crippen LogP contribution in [0.15, 0.2) is 78.0 Å². The fourth-order valence-electron chi connectivity index (χ4n) is 5.00. The maximum Gasteiger partial charge on any atom is 0.573 e. The molecule has 1 saturated heterocycles. The van der Waals surface area contributed by atoms with Crippen LogP contribution in [0.1, 0.15) is 49.4 Å². The normalized spacial score (nSPS) is 15.0. The number of nitrogens with one attached hydrogen (secondary N) is 1. The number of alkyl halides is 3. The van der Waals surface area contributed by atoms with E-state index < -0.39 is 6.36 Å². The van der Waals surface area contributed by atoms with Crippen molar-refractivity contribution >= 4 is 28.6 Å². The Labute approximate surface area is 258 Å². The van der Waals surface area contributed by atoms with Crippen molar-refractivity contribution in [3.05, 3.63) is 89.7 Å². The lowest BCUT2D eigenvalue weighted by atomic mass is 10.0. The van der Waals surface area contributed by atoms with Gasteiger partial charge in [0.05, 0.1) is 11.7 Å². The highest BCUT2D eigenvalue weighted by Crippen LogP contribution is 2.31. The number of thioether (sulfide) groups is 1. The Hall–Kier alpha value is -4.32. The van der Waals surface area contributed by atoms with Crippen LogP contribution in [0, 0.1) is 6.92 Å². The van der Waals surface area contributed by atoms with Crippen molar-refractivity contribution in [2.45, 2.75) is 52.4 Å². The zero-order valence-corrected chi connectivity index (χ0v) is 25.5. The number of amides is 2. The molecule has 3 aromatic carbocycles. The second kappa shape index (κ2) is 13.5. The first-order chi connectivity index (χ1) is 21.1. The molecule has 0 saturated carbocycles. The fourth-order valence-corrected chi connectivity index (χ4v) is 5.95. The number of aryl methyl sites for hydroxylation is 2. The Morgan fingerprint density at radius 1 is 1.09 bits per heavy atom. The van der Waals surface area contributed by atoms with E-state index >= 15 is 0 Å². The predicted octanol–water partition coefficient (Wildman–Crippen LogP) is 7.86. The minimum atomic E-state index is -4.75. The predicted molar refractivity (Wildman–Crippen MR) is 167 cm³/mol. The molecule has 0 spiro atoms. The molecule has 0 aliphatic carbocycles. The number of benzene rings is 3. The van der Waals surface area contributed by atoms with Gasteiger partial charge in [-0.15, -0.1) is 18.3 Å². The molecule has 230 valence electrons. The van der Waals surface area contributed by atoms with Gasteiger partial charge >= 0.3 is 12.4 Å². The third-order valence-corrected chi connectivity index (χ3v) is 8.09. The number of ether oxygens (including phenoxy) is 1. The molecule has 0 bridgehead atoms. The van der Waals surface area contributed by atoms with E-state index in [9.17, 15) is 18.0 Å².